The number of nitrogens with one attached hydrogen (secondary N) is 6. The second-order valence-corrected chi connectivity index (χ2v) is 14.9. The molecule has 366 valence electrons. The van der Waals surface area contributed by atoms with E-state index in [0.29, 0.717) is 28.4 Å². The molecular formula is C40H49N11O17. The van der Waals surface area contributed by atoms with Crippen molar-refractivity contribution in [3.05, 3.63) is 47.5 Å². The van der Waals surface area contributed by atoms with Crippen molar-refractivity contribution in [3.8, 4) is 0 Å². The number of nitrogen functional groups attached to an aromatic ring is 1. The lowest BCUT2D eigenvalue weighted by Crippen LogP contribution is -2.46. The molecule has 0 fully saturated rings. The zero-order chi connectivity index (χ0) is 50.7. The highest BCUT2D eigenvalue weighted by molar-refractivity contribution is 5.97. The van der Waals surface area contributed by atoms with Gasteiger partial charge in [0, 0.05) is 43.4 Å². The fourth-order valence-corrected chi connectivity index (χ4v) is 6.06. The third-order valence-electron chi connectivity index (χ3n) is 9.64. The van der Waals surface area contributed by atoms with E-state index < -0.39 is 160 Å². The molecule has 0 saturated carbocycles. The predicted octanol–water partition coefficient (Wildman–Crippen LogP) is -1.63. The molecule has 0 aliphatic heterocycles. The van der Waals surface area contributed by atoms with Crippen molar-refractivity contribution in [3.63, 3.8) is 0 Å². The number of benzene rings is 1. The summed E-state index contributed by atoms with van der Waals surface area (Å²) >= 11 is 0. The molecule has 28 nitrogen and oxygen atoms in total. The molecule has 3 aromatic rings. The SMILES string of the molecule is Cc1nc(N)c2nc(CNc3ccc(C(=O)N[C@@H](CCC(=O)N[C@@H](CCC(=O)N[C@@H](CCC(=O)N[C@@H](CCC(=O)N[C@@H](CCC(=O)O)C(=O)O)C(=O)O)C(=O)O)C(=O)O)C(=O)O)cc3)cnc2n1. The number of aliphatic carboxylic acids is 6. The van der Waals surface area contributed by atoms with Crippen LogP contribution < -0.4 is 37.6 Å². The largest absolute Gasteiger partial charge is 0.481 e. The lowest BCUT2D eigenvalue weighted by molar-refractivity contribution is -0.144. The minimum atomic E-state index is -1.73. The summed E-state index contributed by atoms with van der Waals surface area (Å²) < 4.78 is 0. The zero-order valence-corrected chi connectivity index (χ0v) is 36.1. The third-order valence-corrected chi connectivity index (χ3v) is 9.64. The molecule has 2 heterocycles. The average molecular weight is 956 g/mol. The van der Waals surface area contributed by atoms with Crippen LogP contribution in [0.4, 0.5) is 11.5 Å². The summed E-state index contributed by atoms with van der Waals surface area (Å²) in [6.07, 6.45) is -4.16. The summed E-state index contributed by atoms with van der Waals surface area (Å²) in [4.78, 5) is 149. The van der Waals surface area contributed by atoms with Crippen molar-refractivity contribution < 1.29 is 83.4 Å². The van der Waals surface area contributed by atoms with Crippen LogP contribution in [0.15, 0.2) is 30.5 Å². The number of carboxylic acids is 6. The van der Waals surface area contributed by atoms with Crippen LogP contribution in [0.5, 0.6) is 0 Å². The number of anilines is 2. The first kappa shape index (κ1) is 53.7. The normalized spacial score (nSPS) is 13.0. The first-order chi connectivity index (χ1) is 32.0. The van der Waals surface area contributed by atoms with Gasteiger partial charge in [-0.3, -0.25) is 28.8 Å². The number of amides is 5. The monoisotopic (exact) mass is 955 g/mol. The van der Waals surface area contributed by atoms with Gasteiger partial charge in [-0.1, -0.05) is 0 Å². The number of carboxylic acid groups (broad SMARTS) is 6. The molecule has 0 bridgehead atoms. The van der Waals surface area contributed by atoms with Crippen LogP contribution in [-0.2, 0) is 54.5 Å². The second-order valence-electron chi connectivity index (χ2n) is 14.9. The number of hydrogen-bond donors (Lipinski definition) is 13. The van der Waals surface area contributed by atoms with Crippen molar-refractivity contribution >= 4 is 88.0 Å². The number of carbonyl (C=O) groups is 11. The zero-order valence-electron chi connectivity index (χ0n) is 36.1. The average Bonchev–Trinajstić information content (AvgIpc) is 3.26. The van der Waals surface area contributed by atoms with E-state index in [4.69, 9.17) is 10.8 Å². The molecule has 3 rings (SSSR count). The van der Waals surface area contributed by atoms with Crippen molar-refractivity contribution in [1.29, 1.82) is 0 Å². The smallest absolute Gasteiger partial charge is 0.326 e. The number of carbonyl (C=O) groups excluding carboxylic acids is 5. The Morgan fingerprint density at radius 1 is 0.529 bits per heavy atom. The van der Waals surface area contributed by atoms with Crippen LogP contribution in [0.2, 0.25) is 0 Å². The van der Waals surface area contributed by atoms with Gasteiger partial charge in [0.15, 0.2) is 17.0 Å². The lowest BCUT2D eigenvalue weighted by Gasteiger charge is -2.19. The maximum Gasteiger partial charge on any atom is 0.326 e. The Morgan fingerprint density at radius 2 is 0.912 bits per heavy atom. The summed E-state index contributed by atoms with van der Waals surface area (Å²) in [5.41, 5.74) is 7.76. The molecule has 28 heteroatoms. The van der Waals surface area contributed by atoms with E-state index in [9.17, 15) is 78.3 Å². The topological polar surface area (TPSA) is 459 Å². The Kier molecular flexibility index (Phi) is 20.4. The highest BCUT2D eigenvalue weighted by Gasteiger charge is 2.28. The molecule has 0 unspecified atom stereocenters. The summed E-state index contributed by atoms with van der Waals surface area (Å²) in [6, 6.07) is -2.35. The molecule has 0 aliphatic rings. The van der Waals surface area contributed by atoms with Crippen molar-refractivity contribution in [2.75, 3.05) is 11.1 Å². The summed E-state index contributed by atoms with van der Waals surface area (Å²) in [6.45, 7) is 1.88. The highest BCUT2D eigenvalue weighted by atomic mass is 16.4. The molecule has 0 spiro atoms. The third kappa shape index (κ3) is 18.1. The van der Waals surface area contributed by atoms with E-state index in [2.05, 4.69) is 51.8 Å². The molecule has 2 aromatic heterocycles. The number of aryl methyl sites for hydroxylation is 1. The number of rotatable bonds is 29. The van der Waals surface area contributed by atoms with E-state index in [1.807, 2.05) is 0 Å². The van der Waals surface area contributed by atoms with Crippen LogP contribution in [0, 0.1) is 6.92 Å². The molecule has 1 aromatic carbocycles. The molecular weight excluding hydrogens is 906 g/mol. The van der Waals surface area contributed by atoms with Gasteiger partial charge in [-0.2, -0.15) is 0 Å². The van der Waals surface area contributed by atoms with Crippen LogP contribution in [0.3, 0.4) is 0 Å². The van der Waals surface area contributed by atoms with Crippen molar-refractivity contribution in [2.24, 2.45) is 0 Å². The van der Waals surface area contributed by atoms with Gasteiger partial charge in [-0.05, 0) is 63.3 Å². The van der Waals surface area contributed by atoms with Gasteiger partial charge in [0.05, 0.1) is 18.4 Å². The van der Waals surface area contributed by atoms with Crippen LogP contribution in [0.25, 0.3) is 11.2 Å². The van der Waals surface area contributed by atoms with E-state index in [-0.39, 0.29) is 17.9 Å². The van der Waals surface area contributed by atoms with Crippen LogP contribution in [-0.4, -0.2) is 146 Å². The van der Waals surface area contributed by atoms with Crippen LogP contribution in [0.1, 0.15) is 86.1 Å². The molecule has 0 radical (unpaired) electrons. The van der Waals surface area contributed by atoms with Crippen LogP contribution >= 0.6 is 0 Å². The van der Waals surface area contributed by atoms with E-state index in [0.717, 1.165) is 0 Å². The van der Waals surface area contributed by atoms with E-state index >= 15 is 0 Å². The molecule has 68 heavy (non-hydrogen) atoms. The number of hydrogen-bond acceptors (Lipinski definition) is 17. The molecule has 14 N–H and O–H groups in total. The minimum Gasteiger partial charge on any atom is -0.481 e. The van der Waals surface area contributed by atoms with E-state index in [1.54, 1.807) is 19.1 Å². The molecule has 5 amide bonds. The van der Waals surface area contributed by atoms with Gasteiger partial charge in [-0.25, -0.2) is 43.9 Å². The van der Waals surface area contributed by atoms with Gasteiger partial charge in [-0.15, -0.1) is 0 Å². The first-order valence-electron chi connectivity index (χ1n) is 20.5. The minimum absolute atomic E-state index is 0.0732. The van der Waals surface area contributed by atoms with Gasteiger partial charge in [0.25, 0.3) is 5.91 Å². The summed E-state index contributed by atoms with van der Waals surface area (Å²) in [5, 5.41) is 70.1. The number of nitrogens with zero attached hydrogens (tertiary/aromatic N) is 4. The van der Waals surface area contributed by atoms with Gasteiger partial charge < -0.3 is 68.3 Å². The maximum absolute atomic E-state index is 12.9. The van der Waals surface area contributed by atoms with Crippen molar-refractivity contribution in [1.82, 2.24) is 46.5 Å². The lowest BCUT2D eigenvalue weighted by atomic mass is 10.1. The van der Waals surface area contributed by atoms with Gasteiger partial charge in [0.1, 0.15) is 36.0 Å². The summed E-state index contributed by atoms with van der Waals surface area (Å²) in [7, 11) is 0. The second kappa shape index (κ2) is 25.8. The first-order valence-corrected chi connectivity index (χ1v) is 20.5. The predicted molar refractivity (Wildman–Crippen MR) is 229 cm³/mol. The van der Waals surface area contributed by atoms with E-state index in [1.165, 1.54) is 18.3 Å². The molecule has 0 aliphatic carbocycles. The Balaban J connectivity index is 1.44. The fraction of sp³-hybridized carbons (Fsp3) is 0.425. The Morgan fingerprint density at radius 3 is 1.29 bits per heavy atom. The Hall–Kier alpha value is -8.59. The van der Waals surface area contributed by atoms with Gasteiger partial charge in [0.2, 0.25) is 23.6 Å². The fourth-order valence-electron chi connectivity index (χ4n) is 6.06. The maximum atomic E-state index is 12.9. The number of nitrogens with two attached hydrogens (primary N) is 1. The Labute approximate surface area is 383 Å². The Bertz CT molecular complexity index is 2400. The van der Waals surface area contributed by atoms with Crippen molar-refractivity contribution in [2.45, 2.75) is 108 Å². The number of fused-ring (bicyclic) bond motifs is 1. The quantitative estimate of drug-likeness (QED) is 0.0371. The highest BCUT2D eigenvalue weighted by Crippen LogP contribution is 2.16. The molecule has 0 saturated heterocycles. The van der Waals surface area contributed by atoms with Gasteiger partial charge >= 0.3 is 35.8 Å². The molecule has 5 atom stereocenters. The number of aromatic nitrogens is 4. The summed E-state index contributed by atoms with van der Waals surface area (Å²) in [5.74, 6) is -13.2. The standard InChI is InChI=1S/C40H49N11O17/c1-18-44-33(41)32-34(45-18)43-17-21(46-32)16-42-20-4-2-19(3-5-20)35(58)51-26(40(67)68)9-14-30(55)49-24(38(63)64)7-12-28(53)47-22(36(59)60)6-11-27(52)48-23(37(61)62)8-13-29(54)50-25(39(65)66)10-15-31(56)57/h2-5,17,22-26,42H,6-16H2,1H3,(H,47,53)(H,48,52)(H,49,55)(H,50,54)(H,51,58)(H,56,57)(H,59,60)(H,61,62)(H,63,64)(H,65,66)(H,67,68)(H2,41,43,44,45)/t22-,23-,24-,25-,26-/m0/s1.